The number of aliphatic hydroxyl groups is 1. The Bertz CT molecular complexity index is 262. The molecule has 5 nitrogen and oxygen atoms in total. The van der Waals surface area contributed by atoms with Gasteiger partial charge in [0.15, 0.2) is 5.75 Å². The fourth-order valence-electron chi connectivity index (χ4n) is 0.924. The molecule has 0 aliphatic heterocycles. The molecule has 0 aliphatic rings. The summed E-state index contributed by atoms with van der Waals surface area (Å²) in [5.41, 5.74) is 0. The number of rotatable bonds is 6. The predicted molar refractivity (Wildman–Crippen MR) is 48.3 cm³/mol. The monoisotopic (exact) mass is 206 g/mol. The Morgan fingerprint density at radius 1 is 1.46 bits per heavy atom. The van der Waals surface area contributed by atoms with Crippen LogP contribution in [0.25, 0.3) is 0 Å². The molecule has 0 saturated carbocycles. The lowest BCUT2D eigenvalue weighted by Gasteiger charge is -2.18. The van der Waals surface area contributed by atoms with Crippen LogP contribution in [-0.4, -0.2) is 43.3 Å². The molecule has 1 N–H and O–H groups in total. The molecule has 76 valence electrons. The molecule has 0 unspecified atom stereocenters. The second-order valence-corrected chi connectivity index (χ2v) is 4.51. The van der Waals surface area contributed by atoms with Crippen LogP contribution >= 0.6 is 0 Å². The van der Waals surface area contributed by atoms with Crippen molar-refractivity contribution in [1.82, 2.24) is 4.31 Å². The van der Waals surface area contributed by atoms with E-state index in [0.717, 1.165) is 4.31 Å². The van der Waals surface area contributed by atoms with Crippen LogP contribution in [0.5, 0.6) is 0 Å². The van der Waals surface area contributed by atoms with E-state index >= 15 is 0 Å². The summed E-state index contributed by atoms with van der Waals surface area (Å²) in [7, 11) is -3.48. The van der Waals surface area contributed by atoms with Crippen molar-refractivity contribution in [2.75, 3.05) is 25.4 Å². The number of nitrogens with zero attached hydrogens (tertiary/aromatic N) is 2. The van der Waals surface area contributed by atoms with Gasteiger partial charge in [0.05, 0.1) is 12.7 Å². The number of hydrogen-bond acceptors (Lipinski definition) is 4. The van der Waals surface area contributed by atoms with Gasteiger partial charge in [0.25, 0.3) is 0 Å². The number of sulfonamides is 1. The van der Waals surface area contributed by atoms with Gasteiger partial charge in [-0.05, 0) is 6.42 Å². The van der Waals surface area contributed by atoms with Crippen molar-refractivity contribution in [3.8, 4) is 6.07 Å². The van der Waals surface area contributed by atoms with E-state index < -0.39 is 15.8 Å². The highest BCUT2D eigenvalue weighted by Gasteiger charge is 2.19. The van der Waals surface area contributed by atoms with Gasteiger partial charge in [0, 0.05) is 13.1 Å². The second kappa shape index (κ2) is 5.91. The molecule has 0 aromatic rings. The molecular formula is C7H14N2O3S. The van der Waals surface area contributed by atoms with Crippen molar-refractivity contribution in [3.05, 3.63) is 0 Å². The third-order valence-electron chi connectivity index (χ3n) is 1.46. The Balaban J connectivity index is 4.44. The minimum atomic E-state index is -3.48. The van der Waals surface area contributed by atoms with Gasteiger partial charge in [-0.1, -0.05) is 6.92 Å². The van der Waals surface area contributed by atoms with Gasteiger partial charge >= 0.3 is 0 Å². The topological polar surface area (TPSA) is 81.4 Å². The average Bonchev–Trinajstić information content (AvgIpc) is 2.04. The van der Waals surface area contributed by atoms with E-state index in [4.69, 9.17) is 10.4 Å². The smallest absolute Gasteiger partial charge is 0.227 e. The maximum absolute atomic E-state index is 11.3. The molecule has 0 aliphatic carbocycles. The van der Waals surface area contributed by atoms with E-state index in [0.29, 0.717) is 13.0 Å². The quantitative estimate of drug-likeness (QED) is 0.638. The highest BCUT2D eigenvalue weighted by Crippen LogP contribution is 2.01. The first-order chi connectivity index (χ1) is 6.08. The zero-order valence-electron chi connectivity index (χ0n) is 7.60. The van der Waals surface area contributed by atoms with Crippen molar-refractivity contribution in [2.24, 2.45) is 0 Å². The summed E-state index contributed by atoms with van der Waals surface area (Å²) in [6, 6.07) is 1.59. The summed E-state index contributed by atoms with van der Waals surface area (Å²) < 4.78 is 23.7. The van der Waals surface area contributed by atoms with Crippen LogP contribution in [0.3, 0.4) is 0 Å². The molecule has 0 spiro atoms. The van der Waals surface area contributed by atoms with E-state index in [1.54, 1.807) is 6.07 Å². The molecule has 0 aromatic carbocycles. The van der Waals surface area contributed by atoms with Crippen molar-refractivity contribution in [3.63, 3.8) is 0 Å². The Morgan fingerprint density at radius 2 is 2.08 bits per heavy atom. The predicted octanol–water partition coefficient (Wildman–Crippen LogP) is -0.456. The molecule has 0 rings (SSSR count). The number of hydrogen-bond donors (Lipinski definition) is 1. The van der Waals surface area contributed by atoms with Crippen LogP contribution in [0.15, 0.2) is 0 Å². The molecule has 0 atom stereocenters. The summed E-state index contributed by atoms with van der Waals surface area (Å²) in [6.45, 7) is 2.04. The molecule has 6 heteroatoms. The van der Waals surface area contributed by atoms with Crippen LogP contribution < -0.4 is 0 Å². The Hall–Kier alpha value is -0.640. The molecule has 0 heterocycles. The van der Waals surface area contributed by atoms with Gasteiger partial charge < -0.3 is 5.11 Å². The summed E-state index contributed by atoms with van der Waals surface area (Å²) in [5, 5.41) is 16.9. The Labute approximate surface area is 78.6 Å². The van der Waals surface area contributed by atoms with Crippen molar-refractivity contribution in [2.45, 2.75) is 13.3 Å². The van der Waals surface area contributed by atoms with Gasteiger partial charge in [0.2, 0.25) is 10.0 Å². The lowest BCUT2D eigenvalue weighted by Crippen LogP contribution is -2.35. The van der Waals surface area contributed by atoms with Crippen molar-refractivity contribution in [1.29, 1.82) is 5.26 Å². The maximum Gasteiger partial charge on any atom is 0.227 e. The number of aliphatic hydroxyl groups excluding tert-OH is 1. The van der Waals surface area contributed by atoms with Crippen LogP contribution in [0.4, 0.5) is 0 Å². The summed E-state index contributed by atoms with van der Waals surface area (Å²) in [6.07, 6.45) is 0.671. The third kappa shape index (κ3) is 4.22. The van der Waals surface area contributed by atoms with Crippen LogP contribution in [0.1, 0.15) is 13.3 Å². The SMILES string of the molecule is CCCN(CCO)S(=O)(=O)CC#N. The standard InChI is InChI=1S/C7H14N2O3S/c1-2-4-9(5-6-10)13(11,12)7-3-8/h10H,2,4-7H2,1H3. The van der Waals surface area contributed by atoms with Crippen LogP contribution in [0, 0.1) is 11.3 Å². The molecule has 0 fully saturated rings. The highest BCUT2D eigenvalue weighted by molar-refractivity contribution is 7.89. The molecule has 0 radical (unpaired) electrons. The van der Waals surface area contributed by atoms with E-state index in [1.807, 2.05) is 6.92 Å². The molecule has 0 bridgehead atoms. The summed E-state index contributed by atoms with van der Waals surface area (Å²) in [4.78, 5) is 0. The lowest BCUT2D eigenvalue weighted by atomic mass is 10.5. The van der Waals surface area contributed by atoms with E-state index in [1.165, 1.54) is 0 Å². The van der Waals surface area contributed by atoms with E-state index in [9.17, 15) is 8.42 Å². The highest BCUT2D eigenvalue weighted by atomic mass is 32.2. The van der Waals surface area contributed by atoms with Crippen molar-refractivity contribution >= 4 is 10.0 Å². The Morgan fingerprint density at radius 3 is 2.46 bits per heavy atom. The van der Waals surface area contributed by atoms with Gasteiger partial charge in [-0.2, -0.15) is 9.57 Å². The minimum Gasteiger partial charge on any atom is -0.395 e. The summed E-state index contributed by atoms with van der Waals surface area (Å²) in [5.74, 6) is -0.521. The van der Waals surface area contributed by atoms with Crippen LogP contribution in [-0.2, 0) is 10.0 Å². The first-order valence-electron chi connectivity index (χ1n) is 4.04. The molecule has 13 heavy (non-hydrogen) atoms. The Kier molecular flexibility index (Phi) is 5.62. The maximum atomic E-state index is 11.3. The fraction of sp³-hybridized carbons (Fsp3) is 0.857. The minimum absolute atomic E-state index is 0.0673. The lowest BCUT2D eigenvalue weighted by molar-refractivity contribution is 0.254. The van der Waals surface area contributed by atoms with E-state index in [2.05, 4.69) is 0 Å². The van der Waals surface area contributed by atoms with Crippen molar-refractivity contribution < 1.29 is 13.5 Å². The summed E-state index contributed by atoms with van der Waals surface area (Å²) >= 11 is 0. The average molecular weight is 206 g/mol. The van der Waals surface area contributed by atoms with Gasteiger partial charge in [-0.25, -0.2) is 8.42 Å². The fourth-order valence-corrected chi connectivity index (χ4v) is 2.09. The third-order valence-corrected chi connectivity index (χ3v) is 3.11. The molecule has 0 amide bonds. The molecule has 0 saturated heterocycles. The zero-order chi connectivity index (χ0) is 10.3. The van der Waals surface area contributed by atoms with Crippen LogP contribution in [0.2, 0.25) is 0 Å². The van der Waals surface area contributed by atoms with Gasteiger partial charge in [-0.15, -0.1) is 0 Å². The van der Waals surface area contributed by atoms with Gasteiger partial charge in [-0.3, -0.25) is 0 Å². The second-order valence-electron chi connectivity index (χ2n) is 2.54. The molecule has 0 aromatic heterocycles. The zero-order valence-corrected chi connectivity index (χ0v) is 8.42. The first kappa shape index (κ1) is 12.4. The normalized spacial score (nSPS) is 11.5. The van der Waals surface area contributed by atoms with E-state index in [-0.39, 0.29) is 13.2 Å². The largest absolute Gasteiger partial charge is 0.395 e. The van der Waals surface area contributed by atoms with Gasteiger partial charge in [0.1, 0.15) is 0 Å². The molecular weight excluding hydrogens is 192 g/mol. The first-order valence-corrected chi connectivity index (χ1v) is 5.65. The number of nitriles is 1.